The number of ether oxygens (including phenoxy) is 1. The lowest BCUT2D eigenvalue weighted by molar-refractivity contribution is 0.0175. The number of aromatic nitrogens is 2. The minimum Gasteiger partial charge on any atom is -0.374 e. The fraction of sp³-hybridized carbons (Fsp3) is 0.765. The Hall–Kier alpha value is -1.04. The number of hydrogen-bond acceptors (Lipinski definition) is 5. The smallest absolute Gasteiger partial charge is 0.131 e. The molecule has 5 nitrogen and oxygen atoms in total. The number of hydrogen-bond donors (Lipinski definition) is 1. The van der Waals surface area contributed by atoms with E-state index in [1.54, 1.807) is 0 Å². The second-order valence-electron chi connectivity index (χ2n) is 6.95. The van der Waals surface area contributed by atoms with Gasteiger partial charge in [-0.2, -0.15) is 0 Å². The zero-order valence-corrected chi connectivity index (χ0v) is 13.2. The van der Waals surface area contributed by atoms with E-state index in [1.807, 2.05) is 12.4 Å². The Morgan fingerprint density at radius 1 is 1.14 bits per heavy atom. The zero-order chi connectivity index (χ0) is 14.8. The average molecular weight is 302 g/mol. The van der Waals surface area contributed by atoms with Crippen LogP contribution in [0.2, 0.25) is 0 Å². The molecule has 1 aliphatic carbocycles. The topological polar surface area (TPSA) is 50.3 Å². The van der Waals surface area contributed by atoms with Crippen LogP contribution in [0.5, 0.6) is 0 Å². The van der Waals surface area contributed by atoms with E-state index in [9.17, 15) is 0 Å². The number of rotatable bonds is 3. The molecule has 1 saturated carbocycles. The van der Waals surface area contributed by atoms with Crippen LogP contribution in [0.25, 0.3) is 0 Å². The predicted molar refractivity (Wildman–Crippen MR) is 84.7 cm³/mol. The number of likely N-dealkylation sites (tertiary alicyclic amines) is 1. The first kappa shape index (κ1) is 14.5. The van der Waals surface area contributed by atoms with E-state index in [2.05, 4.69) is 20.2 Å². The molecule has 0 aromatic carbocycles. The lowest BCUT2D eigenvalue weighted by Crippen LogP contribution is -2.47. The summed E-state index contributed by atoms with van der Waals surface area (Å²) in [5.74, 6) is 1.65. The molecule has 2 aliphatic heterocycles. The molecule has 22 heavy (non-hydrogen) atoms. The molecule has 0 radical (unpaired) electrons. The molecule has 3 fully saturated rings. The van der Waals surface area contributed by atoms with Crippen molar-refractivity contribution in [1.82, 2.24) is 20.2 Å². The monoisotopic (exact) mass is 302 g/mol. The highest BCUT2D eigenvalue weighted by atomic mass is 16.5. The van der Waals surface area contributed by atoms with Crippen LogP contribution in [-0.2, 0) is 11.3 Å². The van der Waals surface area contributed by atoms with Crippen LogP contribution < -0.4 is 5.32 Å². The minimum atomic E-state index is 0.358. The van der Waals surface area contributed by atoms with Crippen molar-refractivity contribution in [3.8, 4) is 0 Å². The van der Waals surface area contributed by atoms with Gasteiger partial charge in [0.1, 0.15) is 5.82 Å². The van der Waals surface area contributed by atoms with Gasteiger partial charge in [-0.05, 0) is 12.8 Å². The van der Waals surface area contributed by atoms with Crippen LogP contribution in [-0.4, -0.2) is 53.3 Å². The summed E-state index contributed by atoms with van der Waals surface area (Å²) in [5.41, 5.74) is 1.22. The van der Waals surface area contributed by atoms with Gasteiger partial charge in [-0.15, -0.1) is 0 Å². The molecular weight excluding hydrogens is 276 g/mol. The standard InChI is InChI=1S/C17H26N4O/c1-2-4-14(5-3-1)17-19-8-13(9-20-17)10-21-11-15-16(12-21)22-7-6-18-15/h8-9,14-16,18H,1-7,10-12H2/t15-,16-/m0/s1. The number of nitrogens with zero attached hydrogens (tertiary/aromatic N) is 3. The Morgan fingerprint density at radius 2 is 1.95 bits per heavy atom. The van der Waals surface area contributed by atoms with Crippen LogP contribution in [0.3, 0.4) is 0 Å². The maximum Gasteiger partial charge on any atom is 0.131 e. The third-order valence-corrected chi connectivity index (χ3v) is 5.28. The van der Waals surface area contributed by atoms with Crippen molar-refractivity contribution >= 4 is 0 Å². The van der Waals surface area contributed by atoms with Crippen molar-refractivity contribution in [2.45, 2.75) is 56.7 Å². The molecule has 1 aromatic heterocycles. The molecule has 120 valence electrons. The van der Waals surface area contributed by atoms with Gasteiger partial charge in [0.2, 0.25) is 0 Å². The molecular formula is C17H26N4O. The van der Waals surface area contributed by atoms with Crippen molar-refractivity contribution in [3.05, 3.63) is 23.8 Å². The molecule has 5 heteroatoms. The molecule has 0 amide bonds. The van der Waals surface area contributed by atoms with Gasteiger partial charge < -0.3 is 10.1 Å². The summed E-state index contributed by atoms with van der Waals surface area (Å²) in [4.78, 5) is 11.8. The average Bonchev–Trinajstić information content (AvgIpc) is 2.98. The van der Waals surface area contributed by atoms with Gasteiger partial charge in [-0.25, -0.2) is 9.97 Å². The van der Waals surface area contributed by atoms with Crippen LogP contribution in [0.1, 0.15) is 49.4 Å². The molecule has 0 unspecified atom stereocenters. The quantitative estimate of drug-likeness (QED) is 0.921. The summed E-state index contributed by atoms with van der Waals surface area (Å²) in [6.45, 7) is 4.84. The first-order valence-electron chi connectivity index (χ1n) is 8.76. The fourth-order valence-corrected chi connectivity index (χ4v) is 4.08. The van der Waals surface area contributed by atoms with Gasteiger partial charge >= 0.3 is 0 Å². The summed E-state index contributed by atoms with van der Waals surface area (Å²) in [6, 6.07) is 0.496. The third-order valence-electron chi connectivity index (χ3n) is 5.28. The van der Waals surface area contributed by atoms with E-state index in [0.29, 0.717) is 18.1 Å². The minimum absolute atomic E-state index is 0.358. The van der Waals surface area contributed by atoms with Crippen LogP contribution in [0, 0.1) is 0 Å². The Labute approximate surface area is 132 Å². The van der Waals surface area contributed by atoms with Crippen LogP contribution in [0.15, 0.2) is 12.4 Å². The van der Waals surface area contributed by atoms with Gasteiger partial charge in [0.05, 0.1) is 12.7 Å². The first-order valence-corrected chi connectivity index (χ1v) is 8.76. The Bertz CT molecular complexity index is 472. The van der Waals surface area contributed by atoms with Gasteiger partial charge in [-0.1, -0.05) is 19.3 Å². The summed E-state index contributed by atoms with van der Waals surface area (Å²) in [5, 5.41) is 3.55. The van der Waals surface area contributed by atoms with Gasteiger partial charge in [-0.3, -0.25) is 4.90 Å². The largest absolute Gasteiger partial charge is 0.374 e. The molecule has 2 saturated heterocycles. The predicted octanol–water partition coefficient (Wildman–Crippen LogP) is 1.70. The van der Waals surface area contributed by atoms with E-state index in [-0.39, 0.29) is 0 Å². The van der Waals surface area contributed by atoms with Crippen molar-refractivity contribution < 1.29 is 4.74 Å². The fourth-order valence-electron chi connectivity index (χ4n) is 4.08. The highest BCUT2D eigenvalue weighted by molar-refractivity contribution is 5.09. The molecule has 0 bridgehead atoms. The molecule has 1 aromatic rings. The summed E-state index contributed by atoms with van der Waals surface area (Å²) >= 11 is 0. The first-order chi connectivity index (χ1) is 10.9. The Kier molecular flexibility index (Phi) is 4.37. The normalized spacial score (nSPS) is 30.4. The Balaban J connectivity index is 1.35. The lowest BCUT2D eigenvalue weighted by Gasteiger charge is -2.25. The van der Waals surface area contributed by atoms with E-state index in [4.69, 9.17) is 4.74 Å². The van der Waals surface area contributed by atoms with Crippen molar-refractivity contribution in [1.29, 1.82) is 0 Å². The van der Waals surface area contributed by atoms with Crippen LogP contribution >= 0.6 is 0 Å². The maximum absolute atomic E-state index is 5.83. The third kappa shape index (κ3) is 3.16. The zero-order valence-electron chi connectivity index (χ0n) is 13.2. The molecule has 1 N–H and O–H groups in total. The SMILES string of the molecule is c1nc(C2CCCCC2)ncc1CN1C[C@@H]2NCCO[C@H]2C1. The van der Waals surface area contributed by atoms with E-state index >= 15 is 0 Å². The second-order valence-corrected chi connectivity index (χ2v) is 6.95. The summed E-state index contributed by atoms with van der Waals surface area (Å²) in [7, 11) is 0. The van der Waals surface area contributed by atoms with E-state index in [0.717, 1.165) is 38.6 Å². The van der Waals surface area contributed by atoms with E-state index in [1.165, 1.54) is 37.7 Å². The van der Waals surface area contributed by atoms with Crippen molar-refractivity contribution in [3.63, 3.8) is 0 Å². The summed E-state index contributed by atoms with van der Waals surface area (Å²) in [6.07, 6.45) is 11.0. The molecule has 4 rings (SSSR count). The van der Waals surface area contributed by atoms with Crippen molar-refractivity contribution in [2.24, 2.45) is 0 Å². The second kappa shape index (κ2) is 6.60. The highest BCUT2D eigenvalue weighted by Crippen LogP contribution is 2.30. The Morgan fingerprint density at radius 3 is 2.73 bits per heavy atom. The van der Waals surface area contributed by atoms with Gasteiger partial charge in [0, 0.05) is 56.1 Å². The number of nitrogens with one attached hydrogen (secondary N) is 1. The molecule has 0 spiro atoms. The van der Waals surface area contributed by atoms with Crippen LogP contribution in [0.4, 0.5) is 0 Å². The maximum atomic E-state index is 5.83. The molecule has 2 atom stereocenters. The van der Waals surface area contributed by atoms with Gasteiger partial charge in [0.25, 0.3) is 0 Å². The molecule has 3 heterocycles. The van der Waals surface area contributed by atoms with E-state index < -0.39 is 0 Å². The number of morpholine rings is 1. The summed E-state index contributed by atoms with van der Waals surface area (Å²) < 4.78 is 5.83. The lowest BCUT2D eigenvalue weighted by atomic mass is 9.89. The van der Waals surface area contributed by atoms with Gasteiger partial charge in [0.15, 0.2) is 0 Å². The highest BCUT2D eigenvalue weighted by Gasteiger charge is 2.35. The number of fused-ring (bicyclic) bond motifs is 1. The molecule has 3 aliphatic rings. The van der Waals surface area contributed by atoms with Crippen molar-refractivity contribution in [2.75, 3.05) is 26.2 Å².